The van der Waals surface area contributed by atoms with Gasteiger partial charge in [0.25, 0.3) is 0 Å². The molecule has 2 aromatic rings. The minimum Gasteiger partial charge on any atom is -0.354 e. The van der Waals surface area contributed by atoms with Gasteiger partial charge in [-0.1, -0.05) is 29.8 Å². The van der Waals surface area contributed by atoms with Crippen molar-refractivity contribution < 1.29 is 14.0 Å². The van der Waals surface area contributed by atoms with E-state index in [1.807, 2.05) is 56.3 Å². The van der Waals surface area contributed by atoms with Crippen LogP contribution in [0.15, 0.2) is 48.5 Å². The van der Waals surface area contributed by atoms with E-state index >= 15 is 0 Å². The third kappa shape index (κ3) is 4.57. The van der Waals surface area contributed by atoms with Gasteiger partial charge in [0, 0.05) is 25.2 Å². The largest absolute Gasteiger partial charge is 0.354 e. The summed E-state index contributed by atoms with van der Waals surface area (Å²) in [5, 5.41) is 2.94. The van der Waals surface area contributed by atoms with Crippen molar-refractivity contribution in [1.29, 1.82) is 0 Å². The van der Waals surface area contributed by atoms with Gasteiger partial charge in [-0.15, -0.1) is 0 Å². The van der Waals surface area contributed by atoms with Gasteiger partial charge < -0.3 is 15.1 Å². The van der Waals surface area contributed by atoms with Crippen LogP contribution >= 0.6 is 0 Å². The lowest BCUT2D eigenvalue weighted by Gasteiger charge is -2.25. The first-order valence-corrected chi connectivity index (χ1v) is 9.42. The van der Waals surface area contributed by atoms with E-state index < -0.39 is 0 Å². The van der Waals surface area contributed by atoms with Gasteiger partial charge in [0.1, 0.15) is 5.82 Å². The number of amides is 2. The molecule has 2 unspecified atom stereocenters. The standard InChI is InChI=1S/C22H26FN3O2/c1-15-7-9-19(10-8-15)26-14-17(12-21(26)27)22(28)24-13-20(25(2)3)16-5-4-6-18(23)11-16/h4-11,17,20H,12-14H2,1-3H3,(H,24,28). The summed E-state index contributed by atoms with van der Waals surface area (Å²) >= 11 is 0. The average Bonchev–Trinajstić information content (AvgIpc) is 3.04. The van der Waals surface area contributed by atoms with Crippen LogP contribution in [0.2, 0.25) is 0 Å². The summed E-state index contributed by atoms with van der Waals surface area (Å²) in [4.78, 5) is 28.6. The predicted octanol–water partition coefficient (Wildman–Crippen LogP) is 2.91. The molecular formula is C22H26FN3O2. The summed E-state index contributed by atoms with van der Waals surface area (Å²) < 4.78 is 13.6. The first-order valence-electron chi connectivity index (χ1n) is 9.42. The first-order chi connectivity index (χ1) is 13.3. The summed E-state index contributed by atoms with van der Waals surface area (Å²) in [6, 6.07) is 14.0. The van der Waals surface area contributed by atoms with Crippen molar-refractivity contribution in [3.05, 3.63) is 65.5 Å². The Morgan fingerprint density at radius 2 is 1.96 bits per heavy atom. The molecule has 0 radical (unpaired) electrons. The van der Waals surface area contributed by atoms with Gasteiger partial charge in [0.15, 0.2) is 0 Å². The maximum Gasteiger partial charge on any atom is 0.227 e. The Bertz CT molecular complexity index is 851. The molecule has 6 heteroatoms. The quantitative estimate of drug-likeness (QED) is 0.835. The van der Waals surface area contributed by atoms with Crippen LogP contribution in [0.3, 0.4) is 0 Å². The number of anilines is 1. The molecule has 28 heavy (non-hydrogen) atoms. The highest BCUT2D eigenvalue weighted by atomic mass is 19.1. The van der Waals surface area contributed by atoms with Crippen LogP contribution in [-0.4, -0.2) is 43.9 Å². The van der Waals surface area contributed by atoms with Gasteiger partial charge in [-0.25, -0.2) is 4.39 Å². The fraction of sp³-hybridized carbons (Fsp3) is 0.364. The molecule has 0 bridgehead atoms. The van der Waals surface area contributed by atoms with Crippen molar-refractivity contribution >= 4 is 17.5 Å². The van der Waals surface area contributed by atoms with Crippen LogP contribution in [-0.2, 0) is 9.59 Å². The normalized spacial score (nSPS) is 17.8. The van der Waals surface area contributed by atoms with Crippen molar-refractivity contribution in [2.75, 3.05) is 32.1 Å². The summed E-state index contributed by atoms with van der Waals surface area (Å²) in [6.07, 6.45) is 0.201. The lowest BCUT2D eigenvalue weighted by molar-refractivity contribution is -0.126. The maximum absolute atomic E-state index is 13.6. The maximum atomic E-state index is 13.6. The van der Waals surface area contributed by atoms with E-state index in [0.29, 0.717) is 13.1 Å². The molecule has 1 aliphatic heterocycles. The SMILES string of the molecule is Cc1ccc(N2CC(C(=O)NCC(c3cccc(F)c3)N(C)C)CC2=O)cc1. The molecule has 5 nitrogen and oxygen atoms in total. The Morgan fingerprint density at radius 1 is 1.25 bits per heavy atom. The van der Waals surface area contributed by atoms with E-state index in [-0.39, 0.29) is 36.0 Å². The first kappa shape index (κ1) is 20.0. The molecule has 0 saturated carbocycles. The smallest absolute Gasteiger partial charge is 0.227 e. The molecule has 0 aromatic heterocycles. The van der Waals surface area contributed by atoms with Gasteiger partial charge >= 0.3 is 0 Å². The third-order valence-electron chi connectivity index (χ3n) is 5.17. The number of nitrogens with one attached hydrogen (secondary N) is 1. The molecule has 0 spiro atoms. The molecule has 1 aliphatic rings. The lowest BCUT2D eigenvalue weighted by Crippen LogP contribution is -2.38. The van der Waals surface area contributed by atoms with E-state index in [9.17, 15) is 14.0 Å². The highest BCUT2D eigenvalue weighted by Crippen LogP contribution is 2.26. The zero-order valence-corrected chi connectivity index (χ0v) is 16.5. The van der Waals surface area contributed by atoms with E-state index in [1.54, 1.807) is 11.0 Å². The molecular weight excluding hydrogens is 357 g/mol. The number of carbonyl (C=O) groups is 2. The predicted molar refractivity (Wildman–Crippen MR) is 107 cm³/mol. The van der Waals surface area contributed by atoms with Crippen molar-refractivity contribution in [1.82, 2.24) is 10.2 Å². The second-order valence-electron chi connectivity index (χ2n) is 7.52. The van der Waals surface area contributed by atoms with E-state index in [1.165, 1.54) is 12.1 Å². The van der Waals surface area contributed by atoms with Crippen LogP contribution in [0.4, 0.5) is 10.1 Å². The average molecular weight is 383 g/mol. The number of likely N-dealkylation sites (N-methyl/N-ethyl adjacent to an activating group) is 1. The van der Waals surface area contributed by atoms with Crippen LogP contribution in [0.1, 0.15) is 23.6 Å². The Hall–Kier alpha value is -2.73. The van der Waals surface area contributed by atoms with Crippen LogP contribution in [0.25, 0.3) is 0 Å². The van der Waals surface area contributed by atoms with Crippen molar-refractivity contribution in [2.24, 2.45) is 5.92 Å². The number of rotatable bonds is 6. The number of aryl methyl sites for hydroxylation is 1. The van der Waals surface area contributed by atoms with Crippen molar-refractivity contribution in [3.63, 3.8) is 0 Å². The van der Waals surface area contributed by atoms with Crippen LogP contribution in [0, 0.1) is 18.7 Å². The Morgan fingerprint density at radius 3 is 2.61 bits per heavy atom. The minimum absolute atomic E-state index is 0.0432. The van der Waals surface area contributed by atoms with E-state index in [2.05, 4.69) is 5.32 Å². The van der Waals surface area contributed by atoms with Crippen LogP contribution in [0.5, 0.6) is 0 Å². The third-order valence-corrected chi connectivity index (χ3v) is 5.17. The minimum atomic E-state index is -0.385. The molecule has 2 atom stereocenters. The number of hydrogen-bond donors (Lipinski definition) is 1. The zero-order valence-electron chi connectivity index (χ0n) is 16.5. The molecule has 2 aromatic carbocycles. The monoisotopic (exact) mass is 383 g/mol. The van der Waals surface area contributed by atoms with E-state index in [0.717, 1.165) is 16.8 Å². The number of carbonyl (C=O) groups excluding carboxylic acids is 2. The van der Waals surface area contributed by atoms with Gasteiger partial charge in [0.05, 0.1) is 12.0 Å². The zero-order chi connectivity index (χ0) is 20.3. The Labute approximate surface area is 165 Å². The Kier molecular flexibility index (Phi) is 6.09. The topological polar surface area (TPSA) is 52.7 Å². The summed E-state index contributed by atoms with van der Waals surface area (Å²) in [6.45, 7) is 2.72. The van der Waals surface area contributed by atoms with Crippen LogP contribution < -0.4 is 10.2 Å². The van der Waals surface area contributed by atoms with Crippen molar-refractivity contribution in [3.8, 4) is 0 Å². The fourth-order valence-electron chi connectivity index (χ4n) is 3.51. The summed E-state index contributed by atoms with van der Waals surface area (Å²) in [5.74, 6) is -0.876. The lowest BCUT2D eigenvalue weighted by atomic mass is 10.0. The molecule has 0 aliphatic carbocycles. The molecule has 3 rings (SSSR count). The summed E-state index contributed by atoms with van der Waals surface area (Å²) in [5.41, 5.74) is 2.74. The van der Waals surface area contributed by atoms with E-state index in [4.69, 9.17) is 0 Å². The highest BCUT2D eigenvalue weighted by Gasteiger charge is 2.35. The number of nitrogens with zero attached hydrogens (tertiary/aromatic N) is 2. The molecule has 1 N–H and O–H groups in total. The van der Waals surface area contributed by atoms with Gasteiger partial charge in [-0.3, -0.25) is 9.59 Å². The van der Waals surface area contributed by atoms with Gasteiger partial charge in [-0.05, 0) is 50.8 Å². The molecule has 2 amide bonds. The number of halogens is 1. The highest BCUT2D eigenvalue weighted by molar-refractivity contribution is 6.00. The Balaban J connectivity index is 1.62. The fourth-order valence-corrected chi connectivity index (χ4v) is 3.51. The van der Waals surface area contributed by atoms with Gasteiger partial charge in [0.2, 0.25) is 11.8 Å². The summed E-state index contributed by atoms with van der Waals surface area (Å²) in [7, 11) is 3.78. The molecule has 1 fully saturated rings. The van der Waals surface area contributed by atoms with Crippen molar-refractivity contribution in [2.45, 2.75) is 19.4 Å². The molecule has 1 saturated heterocycles. The second kappa shape index (κ2) is 8.52. The van der Waals surface area contributed by atoms with Gasteiger partial charge in [-0.2, -0.15) is 0 Å². The number of hydrogen-bond acceptors (Lipinski definition) is 3. The molecule has 148 valence electrons. The second-order valence-corrected chi connectivity index (χ2v) is 7.52. The molecule has 1 heterocycles. The number of benzene rings is 2.